The van der Waals surface area contributed by atoms with Gasteiger partial charge in [0.1, 0.15) is 11.2 Å². The summed E-state index contributed by atoms with van der Waals surface area (Å²) in [5.41, 5.74) is 0.518. The largest absolute Gasteiger partial charge is 0.480 e. The molecule has 0 amide bonds. The van der Waals surface area contributed by atoms with Gasteiger partial charge in [-0.2, -0.15) is 0 Å². The molecular formula is C12H14N2O4S. The van der Waals surface area contributed by atoms with Gasteiger partial charge >= 0.3 is 5.97 Å². The molecule has 0 saturated heterocycles. The van der Waals surface area contributed by atoms with E-state index >= 15 is 0 Å². The molecule has 0 saturated carbocycles. The fourth-order valence-corrected chi connectivity index (χ4v) is 2.89. The standard InChI is InChI=1S/C12H14N2O4S/c1-6-7(2)19-10-9(6)11(15)14(5-13-10)8(4-18-3)12(16)17/h5,8H,4H2,1-3H3,(H,16,17). The fourth-order valence-electron chi connectivity index (χ4n) is 1.90. The number of carboxylic acid groups (broad SMARTS) is 1. The van der Waals surface area contributed by atoms with E-state index in [4.69, 9.17) is 9.84 Å². The highest BCUT2D eigenvalue weighted by Crippen LogP contribution is 2.25. The van der Waals surface area contributed by atoms with Crippen LogP contribution >= 0.6 is 11.3 Å². The zero-order valence-corrected chi connectivity index (χ0v) is 11.7. The van der Waals surface area contributed by atoms with Gasteiger partial charge < -0.3 is 9.84 Å². The average molecular weight is 282 g/mol. The number of nitrogens with zero attached hydrogens (tertiary/aromatic N) is 2. The highest BCUT2D eigenvalue weighted by atomic mass is 32.1. The minimum Gasteiger partial charge on any atom is -0.480 e. The van der Waals surface area contributed by atoms with E-state index in [0.717, 1.165) is 15.0 Å². The summed E-state index contributed by atoms with van der Waals surface area (Å²) in [6.45, 7) is 3.67. The summed E-state index contributed by atoms with van der Waals surface area (Å²) in [4.78, 5) is 29.4. The summed E-state index contributed by atoms with van der Waals surface area (Å²) in [6.07, 6.45) is 1.28. The van der Waals surface area contributed by atoms with E-state index in [1.54, 1.807) is 0 Å². The number of rotatable bonds is 4. The van der Waals surface area contributed by atoms with Crippen molar-refractivity contribution in [1.29, 1.82) is 0 Å². The molecule has 6 nitrogen and oxygen atoms in total. The zero-order valence-electron chi connectivity index (χ0n) is 10.8. The summed E-state index contributed by atoms with van der Waals surface area (Å²) >= 11 is 1.43. The Hall–Kier alpha value is -1.73. The van der Waals surface area contributed by atoms with Crippen molar-refractivity contribution < 1.29 is 14.6 Å². The second-order valence-electron chi connectivity index (χ2n) is 4.23. The number of ether oxygens (including phenoxy) is 1. The number of hydrogen-bond donors (Lipinski definition) is 1. The first kappa shape index (κ1) is 13.7. The molecule has 1 N–H and O–H groups in total. The molecule has 0 aliphatic carbocycles. The van der Waals surface area contributed by atoms with Crippen LogP contribution < -0.4 is 5.56 Å². The molecule has 0 radical (unpaired) electrons. The van der Waals surface area contributed by atoms with E-state index in [1.807, 2.05) is 13.8 Å². The van der Waals surface area contributed by atoms with Crippen molar-refractivity contribution in [3.8, 4) is 0 Å². The van der Waals surface area contributed by atoms with Crippen molar-refractivity contribution in [2.75, 3.05) is 13.7 Å². The van der Waals surface area contributed by atoms with Gasteiger partial charge in [0.15, 0.2) is 6.04 Å². The van der Waals surface area contributed by atoms with Crippen LogP contribution in [0.15, 0.2) is 11.1 Å². The maximum atomic E-state index is 12.4. The van der Waals surface area contributed by atoms with Crippen molar-refractivity contribution in [1.82, 2.24) is 9.55 Å². The quantitative estimate of drug-likeness (QED) is 0.915. The maximum Gasteiger partial charge on any atom is 0.329 e. The molecule has 19 heavy (non-hydrogen) atoms. The van der Waals surface area contributed by atoms with Crippen molar-refractivity contribution >= 4 is 27.5 Å². The molecule has 0 spiro atoms. The first-order chi connectivity index (χ1) is 8.97. The molecule has 7 heteroatoms. The van der Waals surface area contributed by atoms with Crippen molar-refractivity contribution in [2.24, 2.45) is 0 Å². The monoisotopic (exact) mass is 282 g/mol. The summed E-state index contributed by atoms with van der Waals surface area (Å²) < 4.78 is 5.97. The van der Waals surface area contributed by atoms with Gasteiger partial charge in [0.2, 0.25) is 0 Å². The van der Waals surface area contributed by atoms with Crippen molar-refractivity contribution in [2.45, 2.75) is 19.9 Å². The molecule has 0 bridgehead atoms. The highest BCUT2D eigenvalue weighted by molar-refractivity contribution is 7.18. The van der Waals surface area contributed by atoms with Crippen molar-refractivity contribution in [3.63, 3.8) is 0 Å². The lowest BCUT2D eigenvalue weighted by molar-refractivity contribution is -0.142. The number of carboxylic acids is 1. The molecule has 0 aliphatic heterocycles. The molecule has 102 valence electrons. The molecule has 2 aromatic rings. The molecule has 0 aromatic carbocycles. The van der Waals surface area contributed by atoms with E-state index in [9.17, 15) is 9.59 Å². The summed E-state index contributed by atoms with van der Waals surface area (Å²) in [5, 5.41) is 9.66. The molecule has 2 rings (SSSR count). The molecule has 0 aliphatic rings. The van der Waals surface area contributed by atoms with E-state index in [2.05, 4.69) is 4.98 Å². The van der Waals surface area contributed by atoms with Crippen molar-refractivity contribution in [3.05, 3.63) is 27.1 Å². The Balaban J connectivity index is 2.68. The lowest BCUT2D eigenvalue weighted by Crippen LogP contribution is -2.32. The SMILES string of the molecule is COCC(C(=O)O)n1cnc2sc(C)c(C)c2c1=O. The highest BCUT2D eigenvalue weighted by Gasteiger charge is 2.23. The lowest BCUT2D eigenvalue weighted by atomic mass is 10.2. The molecule has 2 aromatic heterocycles. The van der Waals surface area contributed by atoms with Crippen LogP contribution in [-0.4, -0.2) is 34.3 Å². The minimum atomic E-state index is -1.12. The van der Waals surface area contributed by atoms with Crippen LogP contribution in [0.2, 0.25) is 0 Å². The Morgan fingerprint density at radius 1 is 1.58 bits per heavy atom. The first-order valence-corrected chi connectivity index (χ1v) is 6.47. The van der Waals surface area contributed by atoms with E-state index < -0.39 is 12.0 Å². The second kappa shape index (κ2) is 5.10. The number of aliphatic carboxylic acids is 1. The van der Waals surface area contributed by atoms with Crippen LogP contribution in [0.5, 0.6) is 0 Å². The predicted octanol–water partition coefficient (Wildman–Crippen LogP) is 1.35. The number of thiophene rings is 1. The fraction of sp³-hybridized carbons (Fsp3) is 0.417. The van der Waals surface area contributed by atoms with E-state index in [-0.39, 0.29) is 12.2 Å². The van der Waals surface area contributed by atoms with Gasteiger partial charge in [0.05, 0.1) is 12.0 Å². The maximum absolute atomic E-state index is 12.4. The van der Waals surface area contributed by atoms with Gasteiger partial charge in [0.25, 0.3) is 5.56 Å². The summed E-state index contributed by atoms with van der Waals surface area (Å²) in [5.74, 6) is -1.12. The minimum absolute atomic E-state index is 0.0788. The number of fused-ring (bicyclic) bond motifs is 1. The third-order valence-corrected chi connectivity index (χ3v) is 4.18. The normalized spacial score (nSPS) is 12.8. The van der Waals surface area contributed by atoms with Gasteiger partial charge in [-0.1, -0.05) is 0 Å². The second-order valence-corrected chi connectivity index (χ2v) is 5.43. The number of aryl methyl sites for hydroxylation is 2. The van der Waals surface area contributed by atoms with Crippen LogP contribution in [0.3, 0.4) is 0 Å². The lowest BCUT2D eigenvalue weighted by Gasteiger charge is -2.14. The van der Waals surface area contributed by atoms with Crippen LogP contribution in [-0.2, 0) is 9.53 Å². The number of carbonyl (C=O) groups is 1. The average Bonchev–Trinajstić information content (AvgIpc) is 2.64. The Labute approximate surface area is 113 Å². The number of methoxy groups -OCH3 is 1. The first-order valence-electron chi connectivity index (χ1n) is 5.66. The molecule has 0 fully saturated rings. The Bertz CT molecular complexity index is 689. The van der Waals surface area contributed by atoms with Crippen LogP contribution in [0.25, 0.3) is 10.2 Å². The summed E-state index contributed by atoms with van der Waals surface area (Å²) in [7, 11) is 1.40. The Morgan fingerprint density at radius 3 is 2.84 bits per heavy atom. The van der Waals surface area contributed by atoms with E-state index in [1.165, 1.54) is 24.8 Å². The van der Waals surface area contributed by atoms with E-state index in [0.29, 0.717) is 10.2 Å². The van der Waals surface area contributed by atoms with Crippen LogP contribution in [0.1, 0.15) is 16.5 Å². The topological polar surface area (TPSA) is 81.4 Å². The molecular weight excluding hydrogens is 268 g/mol. The molecule has 2 heterocycles. The predicted molar refractivity (Wildman–Crippen MR) is 71.9 cm³/mol. The third kappa shape index (κ3) is 2.26. The Morgan fingerprint density at radius 2 is 2.26 bits per heavy atom. The third-order valence-electron chi connectivity index (χ3n) is 3.06. The zero-order chi connectivity index (χ0) is 14.2. The van der Waals surface area contributed by atoms with Gasteiger partial charge in [-0.15, -0.1) is 11.3 Å². The van der Waals surface area contributed by atoms with Gasteiger partial charge in [-0.3, -0.25) is 9.36 Å². The van der Waals surface area contributed by atoms with Crippen LogP contribution in [0.4, 0.5) is 0 Å². The van der Waals surface area contributed by atoms with Gasteiger partial charge in [0, 0.05) is 12.0 Å². The molecule has 1 atom stereocenters. The number of hydrogen-bond acceptors (Lipinski definition) is 5. The smallest absolute Gasteiger partial charge is 0.329 e. The number of aromatic nitrogens is 2. The van der Waals surface area contributed by atoms with Gasteiger partial charge in [-0.05, 0) is 19.4 Å². The Kier molecular flexibility index (Phi) is 3.68. The van der Waals surface area contributed by atoms with Gasteiger partial charge in [-0.25, -0.2) is 9.78 Å². The van der Waals surface area contributed by atoms with Crippen LogP contribution in [0, 0.1) is 13.8 Å². The molecule has 1 unspecified atom stereocenters. The summed E-state index contributed by atoms with van der Waals surface area (Å²) in [6, 6.07) is -1.06.